The molecule has 1 aromatic carbocycles. The maximum atomic E-state index is 12.4. The molecule has 3 heteroatoms. The number of nitrogens with zero attached hydrogens (tertiary/aromatic N) is 1. The maximum absolute atomic E-state index is 12.4. The third-order valence-corrected chi connectivity index (χ3v) is 4.36. The lowest BCUT2D eigenvalue weighted by atomic mass is 9.91. The molecule has 1 amide bonds. The molecule has 1 aliphatic rings. The Morgan fingerprint density at radius 3 is 2.19 bits per heavy atom. The Kier molecular flexibility index (Phi) is 5.01. The SMILES string of the molecule is CC(C)c1ccc(C(=O)NC2(C#N)CCCCCC2)cc1. The standard InChI is InChI=1S/C18H24N2O/c1-14(2)15-7-9-16(10-8-15)17(21)20-18(13-19)11-5-3-4-6-12-18/h7-10,14H,3-6,11-12H2,1-2H3,(H,20,21). The minimum atomic E-state index is -0.676. The van der Waals surface area contributed by atoms with E-state index in [4.69, 9.17) is 0 Å². The van der Waals surface area contributed by atoms with Crippen molar-refractivity contribution in [3.05, 3.63) is 35.4 Å². The molecule has 112 valence electrons. The second kappa shape index (κ2) is 6.76. The molecule has 0 aliphatic heterocycles. The van der Waals surface area contributed by atoms with Crippen LogP contribution in [0.1, 0.15) is 74.2 Å². The first-order valence-corrected chi connectivity index (χ1v) is 7.90. The fourth-order valence-electron chi connectivity index (χ4n) is 2.91. The van der Waals surface area contributed by atoms with Crippen LogP contribution in [0, 0.1) is 11.3 Å². The number of nitriles is 1. The zero-order valence-electron chi connectivity index (χ0n) is 13.0. The molecule has 1 aromatic rings. The Morgan fingerprint density at radius 1 is 1.14 bits per heavy atom. The third-order valence-electron chi connectivity index (χ3n) is 4.36. The molecular weight excluding hydrogens is 260 g/mol. The van der Waals surface area contributed by atoms with Crippen LogP contribution in [0.15, 0.2) is 24.3 Å². The van der Waals surface area contributed by atoms with Crippen LogP contribution in [0.5, 0.6) is 0 Å². The third kappa shape index (κ3) is 3.85. The molecule has 0 heterocycles. The Morgan fingerprint density at radius 2 is 1.71 bits per heavy atom. The summed E-state index contributed by atoms with van der Waals surface area (Å²) in [5, 5.41) is 12.5. The minimum Gasteiger partial charge on any atom is -0.334 e. The molecule has 3 nitrogen and oxygen atoms in total. The lowest BCUT2D eigenvalue weighted by Gasteiger charge is -2.26. The van der Waals surface area contributed by atoms with E-state index in [2.05, 4.69) is 25.2 Å². The highest BCUT2D eigenvalue weighted by atomic mass is 16.1. The van der Waals surface area contributed by atoms with Gasteiger partial charge in [0.1, 0.15) is 5.54 Å². The van der Waals surface area contributed by atoms with E-state index in [1.807, 2.05) is 24.3 Å². The van der Waals surface area contributed by atoms with Gasteiger partial charge < -0.3 is 5.32 Å². The fourth-order valence-corrected chi connectivity index (χ4v) is 2.91. The predicted molar refractivity (Wildman–Crippen MR) is 84.0 cm³/mol. The lowest BCUT2D eigenvalue weighted by molar-refractivity contribution is 0.0913. The first-order chi connectivity index (χ1) is 10.1. The van der Waals surface area contributed by atoms with Crippen LogP contribution in [0.25, 0.3) is 0 Å². The molecular formula is C18H24N2O. The Hall–Kier alpha value is -1.82. The van der Waals surface area contributed by atoms with E-state index in [1.165, 1.54) is 5.56 Å². The first kappa shape index (κ1) is 15.6. The van der Waals surface area contributed by atoms with Crippen molar-refractivity contribution >= 4 is 5.91 Å². The summed E-state index contributed by atoms with van der Waals surface area (Å²) in [5.41, 5.74) is 1.18. The normalized spacial score (nSPS) is 17.8. The van der Waals surface area contributed by atoms with Gasteiger partial charge in [-0.1, -0.05) is 51.7 Å². The van der Waals surface area contributed by atoms with E-state index in [9.17, 15) is 10.1 Å². The molecule has 0 aromatic heterocycles. The van der Waals surface area contributed by atoms with Crippen molar-refractivity contribution in [2.75, 3.05) is 0 Å². The Bertz CT molecular complexity index is 517. The molecule has 0 spiro atoms. The maximum Gasteiger partial charge on any atom is 0.252 e. The first-order valence-electron chi connectivity index (χ1n) is 7.90. The number of amides is 1. The molecule has 1 saturated carbocycles. The summed E-state index contributed by atoms with van der Waals surface area (Å²) in [4.78, 5) is 12.4. The van der Waals surface area contributed by atoms with E-state index in [-0.39, 0.29) is 5.91 Å². The van der Waals surface area contributed by atoms with Crippen LogP contribution in [0.3, 0.4) is 0 Å². The van der Waals surface area contributed by atoms with Crippen LogP contribution >= 0.6 is 0 Å². The van der Waals surface area contributed by atoms with E-state index < -0.39 is 5.54 Å². The zero-order chi connectivity index (χ0) is 15.3. The molecule has 0 unspecified atom stereocenters. The average molecular weight is 284 g/mol. The van der Waals surface area contributed by atoms with Gasteiger partial charge in [0.2, 0.25) is 0 Å². The molecule has 0 radical (unpaired) electrons. The molecule has 1 aliphatic carbocycles. The van der Waals surface area contributed by atoms with Gasteiger partial charge in [0.25, 0.3) is 5.91 Å². The van der Waals surface area contributed by atoms with E-state index in [0.29, 0.717) is 11.5 Å². The summed E-state index contributed by atoms with van der Waals surface area (Å²) < 4.78 is 0. The largest absolute Gasteiger partial charge is 0.334 e. The highest BCUT2D eigenvalue weighted by molar-refractivity contribution is 5.95. The van der Waals surface area contributed by atoms with Gasteiger partial charge in [-0.05, 0) is 36.5 Å². The van der Waals surface area contributed by atoms with Crippen LogP contribution < -0.4 is 5.32 Å². The van der Waals surface area contributed by atoms with Gasteiger partial charge in [-0.15, -0.1) is 0 Å². The van der Waals surface area contributed by atoms with Gasteiger partial charge in [-0.3, -0.25) is 4.79 Å². The number of nitrogens with one attached hydrogen (secondary N) is 1. The summed E-state index contributed by atoms with van der Waals surface area (Å²) >= 11 is 0. The zero-order valence-corrected chi connectivity index (χ0v) is 13.0. The summed E-state index contributed by atoms with van der Waals surface area (Å²) in [6, 6.07) is 10.0. The second-order valence-corrected chi connectivity index (χ2v) is 6.34. The molecule has 0 bridgehead atoms. The van der Waals surface area contributed by atoms with E-state index >= 15 is 0 Å². The van der Waals surface area contributed by atoms with Gasteiger partial charge in [0.05, 0.1) is 6.07 Å². The second-order valence-electron chi connectivity index (χ2n) is 6.34. The van der Waals surface area contributed by atoms with Crippen molar-refractivity contribution in [1.82, 2.24) is 5.32 Å². The molecule has 1 fully saturated rings. The van der Waals surface area contributed by atoms with E-state index in [0.717, 1.165) is 38.5 Å². The number of benzene rings is 1. The minimum absolute atomic E-state index is 0.131. The van der Waals surface area contributed by atoms with Crippen molar-refractivity contribution < 1.29 is 4.79 Å². The quantitative estimate of drug-likeness (QED) is 0.847. The summed E-state index contributed by atoms with van der Waals surface area (Å²) in [6.07, 6.45) is 5.86. The smallest absolute Gasteiger partial charge is 0.252 e. The lowest BCUT2D eigenvalue weighted by Crippen LogP contribution is -2.47. The predicted octanol–water partition coefficient (Wildman–Crippen LogP) is 4.16. The van der Waals surface area contributed by atoms with Crippen molar-refractivity contribution in [3.8, 4) is 6.07 Å². The summed E-state index contributed by atoms with van der Waals surface area (Å²) in [5.74, 6) is 0.322. The van der Waals surface area contributed by atoms with Crippen LogP contribution in [-0.4, -0.2) is 11.4 Å². The van der Waals surface area contributed by atoms with Crippen LogP contribution in [0.4, 0.5) is 0 Å². The van der Waals surface area contributed by atoms with Crippen LogP contribution in [-0.2, 0) is 0 Å². The summed E-state index contributed by atoms with van der Waals surface area (Å²) in [6.45, 7) is 4.26. The van der Waals surface area contributed by atoms with Crippen molar-refractivity contribution in [2.45, 2.75) is 63.8 Å². The topological polar surface area (TPSA) is 52.9 Å². The average Bonchev–Trinajstić information content (AvgIpc) is 2.73. The fraction of sp³-hybridized carbons (Fsp3) is 0.556. The van der Waals surface area contributed by atoms with Gasteiger partial charge in [-0.2, -0.15) is 5.26 Å². The number of carbonyl (C=O) groups is 1. The molecule has 2 rings (SSSR count). The van der Waals surface area contributed by atoms with Crippen molar-refractivity contribution in [2.24, 2.45) is 0 Å². The molecule has 0 atom stereocenters. The number of hydrogen-bond acceptors (Lipinski definition) is 2. The molecule has 0 saturated heterocycles. The van der Waals surface area contributed by atoms with Gasteiger partial charge >= 0.3 is 0 Å². The number of hydrogen-bond donors (Lipinski definition) is 1. The van der Waals surface area contributed by atoms with Crippen molar-refractivity contribution in [3.63, 3.8) is 0 Å². The Balaban J connectivity index is 2.10. The number of rotatable bonds is 3. The van der Waals surface area contributed by atoms with Gasteiger partial charge in [0.15, 0.2) is 0 Å². The van der Waals surface area contributed by atoms with Gasteiger partial charge in [-0.25, -0.2) is 0 Å². The van der Waals surface area contributed by atoms with Crippen LogP contribution in [0.2, 0.25) is 0 Å². The summed E-state index contributed by atoms with van der Waals surface area (Å²) in [7, 11) is 0. The molecule has 21 heavy (non-hydrogen) atoms. The Labute approximate surface area is 127 Å². The van der Waals surface area contributed by atoms with E-state index in [1.54, 1.807) is 0 Å². The monoisotopic (exact) mass is 284 g/mol. The van der Waals surface area contributed by atoms with Gasteiger partial charge in [0, 0.05) is 5.56 Å². The highest BCUT2D eigenvalue weighted by Crippen LogP contribution is 2.27. The highest BCUT2D eigenvalue weighted by Gasteiger charge is 2.32. The molecule has 1 N–H and O–H groups in total. The van der Waals surface area contributed by atoms with Crippen molar-refractivity contribution in [1.29, 1.82) is 5.26 Å². The number of carbonyl (C=O) groups excluding carboxylic acids is 1.